The van der Waals surface area contributed by atoms with Gasteiger partial charge in [0.1, 0.15) is 0 Å². The van der Waals surface area contributed by atoms with Gasteiger partial charge in [0, 0.05) is 24.3 Å². The van der Waals surface area contributed by atoms with Crippen LogP contribution in [0.25, 0.3) is 5.52 Å². The Morgan fingerprint density at radius 3 is 3.17 bits per heavy atom. The van der Waals surface area contributed by atoms with Gasteiger partial charge in [0.15, 0.2) is 0 Å². The summed E-state index contributed by atoms with van der Waals surface area (Å²) < 4.78 is 6.86. The largest absolute Gasteiger partial charge is 0.379 e. The van der Waals surface area contributed by atoms with Crippen LogP contribution in [0.3, 0.4) is 0 Å². The molecule has 1 amide bonds. The predicted octanol–water partition coefficient (Wildman–Crippen LogP) is 0.871. The molecule has 0 fully saturated rings. The van der Waals surface area contributed by atoms with Gasteiger partial charge in [0.05, 0.1) is 36.7 Å². The molecule has 7 heteroatoms. The van der Waals surface area contributed by atoms with E-state index in [0.29, 0.717) is 30.8 Å². The first kappa shape index (κ1) is 13.0. The number of amides is 1. The van der Waals surface area contributed by atoms with Crippen LogP contribution in [0, 0.1) is 0 Å². The molecular formula is C11H13BrN4O2. The van der Waals surface area contributed by atoms with Crippen LogP contribution < -0.4 is 5.32 Å². The number of alkyl halides is 1. The summed E-state index contributed by atoms with van der Waals surface area (Å²) >= 11 is 3.26. The summed E-state index contributed by atoms with van der Waals surface area (Å²) in [6, 6.07) is 0. The van der Waals surface area contributed by atoms with E-state index in [1.54, 1.807) is 23.1 Å². The molecule has 0 saturated heterocycles. The summed E-state index contributed by atoms with van der Waals surface area (Å²) in [5.74, 6) is -0.166. The minimum absolute atomic E-state index is 0.166. The van der Waals surface area contributed by atoms with Crippen molar-refractivity contribution < 1.29 is 9.53 Å². The molecule has 0 atom stereocenters. The van der Waals surface area contributed by atoms with Crippen LogP contribution >= 0.6 is 15.9 Å². The van der Waals surface area contributed by atoms with E-state index in [9.17, 15) is 4.79 Å². The first-order valence-electron chi connectivity index (χ1n) is 5.52. The molecule has 2 aromatic heterocycles. The van der Waals surface area contributed by atoms with Crippen LogP contribution in [0.2, 0.25) is 0 Å². The second kappa shape index (κ2) is 6.46. The summed E-state index contributed by atoms with van der Waals surface area (Å²) in [6.45, 7) is 1.61. The van der Waals surface area contributed by atoms with E-state index >= 15 is 0 Å². The number of nitrogens with one attached hydrogen (secondary N) is 1. The molecule has 0 aliphatic heterocycles. The summed E-state index contributed by atoms with van der Waals surface area (Å²) in [7, 11) is 0. The Bertz CT molecular complexity index is 528. The highest BCUT2D eigenvalue weighted by molar-refractivity contribution is 9.09. The first-order chi connectivity index (χ1) is 8.83. The minimum atomic E-state index is -0.166. The maximum Gasteiger partial charge on any atom is 0.255 e. The van der Waals surface area contributed by atoms with E-state index in [2.05, 4.69) is 31.3 Å². The zero-order valence-electron chi connectivity index (χ0n) is 9.67. The Morgan fingerprint density at radius 1 is 1.44 bits per heavy atom. The van der Waals surface area contributed by atoms with Crippen molar-refractivity contribution in [2.75, 3.05) is 25.1 Å². The van der Waals surface area contributed by atoms with E-state index in [4.69, 9.17) is 4.74 Å². The molecule has 6 nitrogen and oxygen atoms in total. The van der Waals surface area contributed by atoms with Crippen LogP contribution in [-0.2, 0) is 4.74 Å². The topological polar surface area (TPSA) is 68.5 Å². The number of aromatic nitrogens is 3. The molecule has 1 N–H and O–H groups in total. The van der Waals surface area contributed by atoms with Crippen LogP contribution in [-0.4, -0.2) is 45.6 Å². The van der Waals surface area contributed by atoms with E-state index in [1.165, 1.54) is 6.20 Å². The highest BCUT2D eigenvalue weighted by Gasteiger charge is 2.11. The zero-order chi connectivity index (χ0) is 12.8. The quantitative estimate of drug-likeness (QED) is 0.635. The summed E-state index contributed by atoms with van der Waals surface area (Å²) in [6.07, 6.45) is 6.47. The van der Waals surface area contributed by atoms with Gasteiger partial charge in [0.2, 0.25) is 0 Å². The Hall–Kier alpha value is -1.47. The molecule has 0 spiro atoms. The maximum absolute atomic E-state index is 11.9. The Kier molecular flexibility index (Phi) is 4.66. The lowest BCUT2D eigenvalue weighted by molar-refractivity contribution is 0.0925. The van der Waals surface area contributed by atoms with Gasteiger partial charge in [-0.1, -0.05) is 15.9 Å². The van der Waals surface area contributed by atoms with Gasteiger partial charge in [-0.3, -0.25) is 9.78 Å². The molecule has 0 saturated carbocycles. The molecule has 0 aliphatic carbocycles. The van der Waals surface area contributed by atoms with Gasteiger partial charge in [-0.2, -0.15) is 5.10 Å². The molecule has 0 aliphatic rings. The number of nitrogens with zero attached hydrogens (tertiary/aromatic N) is 3. The van der Waals surface area contributed by atoms with Crippen LogP contribution in [0.1, 0.15) is 10.4 Å². The van der Waals surface area contributed by atoms with Crippen molar-refractivity contribution in [3.8, 4) is 0 Å². The second-order valence-electron chi connectivity index (χ2n) is 3.52. The van der Waals surface area contributed by atoms with Crippen molar-refractivity contribution in [3.63, 3.8) is 0 Å². The third kappa shape index (κ3) is 3.05. The highest BCUT2D eigenvalue weighted by Crippen LogP contribution is 2.07. The fraction of sp³-hybridized carbons (Fsp3) is 0.364. The smallest absolute Gasteiger partial charge is 0.255 e. The van der Waals surface area contributed by atoms with Crippen LogP contribution in [0.15, 0.2) is 24.8 Å². The summed E-state index contributed by atoms with van der Waals surface area (Å²) in [4.78, 5) is 15.9. The average molecular weight is 313 g/mol. The molecule has 96 valence electrons. The number of carbonyl (C=O) groups is 1. The summed E-state index contributed by atoms with van der Waals surface area (Å²) in [5, 5.41) is 7.64. The normalized spacial score (nSPS) is 10.7. The third-order valence-electron chi connectivity index (χ3n) is 2.32. The first-order valence-corrected chi connectivity index (χ1v) is 6.64. The Balaban J connectivity index is 1.93. The molecular weight excluding hydrogens is 300 g/mol. The van der Waals surface area contributed by atoms with Gasteiger partial charge in [0.25, 0.3) is 5.91 Å². The Labute approximate surface area is 112 Å². The lowest BCUT2D eigenvalue weighted by Crippen LogP contribution is -2.27. The molecule has 0 unspecified atom stereocenters. The third-order valence-corrected chi connectivity index (χ3v) is 2.65. The second-order valence-corrected chi connectivity index (χ2v) is 4.31. The molecule has 0 bridgehead atoms. The lowest BCUT2D eigenvalue weighted by Gasteiger charge is -2.04. The number of carbonyl (C=O) groups excluding carboxylic acids is 1. The van der Waals surface area contributed by atoms with Crippen molar-refractivity contribution in [1.82, 2.24) is 19.9 Å². The lowest BCUT2D eigenvalue weighted by atomic mass is 10.3. The number of hydrogen-bond acceptors (Lipinski definition) is 4. The highest BCUT2D eigenvalue weighted by atomic mass is 79.9. The monoisotopic (exact) mass is 312 g/mol. The SMILES string of the molecule is O=C(NCCOCCBr)c1cnn2ccncc12. The van der Waals surface area contributed by atoms with Gasteiger partial charge in [-0.25, -0.2) is 4.52 Å². The Morgan fingerprint density at radius 2 is 2.33 bits per heavy atom. The van der Waals surface area contributed by atoms with Gasteiger partial charge < -0.3 is 10.1 Å². The van der Waals surface area contributed by atoms with E-state index < -0.39 is 0 Å². The van der Waals surface area contributed by atoms with E-state index in [-0.39, 0.29) is 5.91 Å². The van der Waals surface area contributed by atoms with Gasteiger partial charge in [-0.15, -0.1) is 0 Å². The molecule has 2 rings (SSSR count). The van der Waals surface area contributed by atoms with E-state index in [0.717, 1.165) is 5.33 Å². The molecule has 0 radical (unpaired) electrons. The van der Waals surface area contributed by atoms with Gasteiger partial charge in [-0.05, 0) is 0 Å². The van der Waals surface area contributed by atoms with Crippen LogP contribution in [0.5, 0.6) is 0 Å². The van der Waals surface area contributed by atoms with Gasteiger partial charge >= 0.3 is 0 Å². The molecule has 0 aromatic carbocycles. The molecule has 18 heavy (non-hydrogen) atoms. The number of halogens is 1. The number of ether oxygens (including phenoxy) is 1. The van der Waals surface area contributed by atoms with Crippen molar-refractivity contribution in [3.05, 3.63) is 30.4 Å². The maximum atomic E-state index is 11.9. The van der Waals surface area contributed by atoms with Crippen molar-refractivity contribution in [2.45, 2.75) is 0 Å². The summed E-state index contributed by atoms with van der Waals surface area (Å²) in [5.41, 5.74) is 1.21. The van der Waals surface area contributed by atoms with E-state index in [1.807, 2.05) is 0 Å². The minimum Gasteiger partial charge on any atom is -0.379 e. The number of rotatable bonds is 6. The number of hydrogen-bond donors (Lipinski definition) is 1. The standard InChI is InChI=1S/C11H13BrN4O2/c12-1-5-18-6-3-14-11(17)9-7-15-16-4-2-13-8-10(9)16/h2,4,7-8H,1,3,5-6H2,(H,14,17). The van der Waals surface area contributed by atoms with Crippen molar-refractivity contribution in [2.24, 2.45) is 0 Å². The van der Waals surface area contributed by atoms with Crippen molar-refractivity contribution in [1.29, 1.82) is 0 Å². The fourth-order valence-electron chi connectivity index (χ4n) is 1.50. The van der Waals surface area contributed by atoms with Crippen LogP contribution in [0.4, 0.5) is 0 Å². The fourth-order valence-corrected chi connectivity index (χ4v) is 1.73. The number of fused-ring (bicyclic) bond motifs is 1. The zero-order valence-corrected chi connectivity index (χ0v) is 11.3. The molecule has 2 heterocycles. The average Bonchev–Trinajstić information content (AvgIpc) is 2.82. The molecule has 2 aromatic rings. The van der Waals surface area contributed by atoms with Crippen molar-refractivity contribution >= 4 is 27.4 Å². The predicted molar refractivity (Wildman–Crippen MR) is 69.9 cm³/mol.